The summed E-state index contributed by atoms with van der Waals surface area (Å²) in [6.07, 6.45) is 1.81. The molecular formula is C16H14N6. The average Bonchev–Trinajstić information content (AvgIpc) is 3.15. The molecule has 2 heterocycles. The Morgan fingerprint density at radius 3 is 2.50 bits per heavy atom. The van der Waals surface area contributed by atoms with Crippen LogP contribution in [0.2, 0.25) is 0 Å². The fourth-order valence-electron chi connectivity index (χ4n) is 2.46. The van der Waals surface area contributed by atoms with E-state index >= 15 is 0 Å². The molecule has 4 rings (SSSR count). The number of nitrogens with two attached hydrogens (primary N) is 2. The van der Waals surface area contributed by atoms with E-state index in [0.29, 0.717) is 5.82 Å². The van der Waals surface area contributed by atoms with Crippen LogP contribution in [0.25, 0.3) is 33.5 Å². The van der Waals surface area contributed by atoms with Gasteiger partial charge in [0.1, 0.15) is 5.82 Å². The number of hydrogen-bond acceptors (Lipinski definition) is 4. The maximum Gasteiger partial charge on any atom is 0.153 e. The van der Waals surface area contributed by atoms with Crippen LogP contribution in [-0.2, 0) is 0 Å². The van der Waals surface area contributed by atoms with Crippen LogP contribution in [0.5, 0.6) is 0 Å². The Morgan fingerprint density at radius 1 is 0.909 bits per heavy atom. The van der Waals surface area contributed by atoms with Crippen LogP contribution < -0.4 is 11.5 Å². The molecule has 2 aromatic heterocycles. The monoisotopic (exact) mass is 290 g/mol. The molecule has 0 saturated carbocycles. The summed E-state index contributed by atoms with van der Waals surface area (Å²) in [4.78, 5) is 7.75. The van der Waals surface area contributed by atoms with Crippen LogP contribution in [0.15, 0.2) is 48.7 Å². The molecule has 0 saturated heterocycles. The van der Waals surface area contributed by atoms with Crippen LogP contribution >= 0.6 is 0 Å². The molecule has 0 unspecified atom stereocenters. The number of nitrogen functional groups attached to an aromatic ring is 2. The maximum atomic E-state index is 5.78. The summed E-state index contributed by atoms with van der Waals surface area (Å²) < 4.78 is 0. The second kappa shape index (κ2) is 4.63. The molecule has 0 aliphatic rings. The van der Waals surface area contributed by atoms with Gasteiger partial charge in [-0.1, -0.05) is 6.07 Å². The first-order valence-electron chi connectivity index (χ1n) is 6.85. The zero-order valence-electron chi connectivity index (χ0n) is 11.7. The lowest BCUT2D eigenvalue weighted by Crippen LogP contribution is -1.85. The van der Waals surface area contributed by atoms with Gasteiger partial charge in [0.15, 0.2) is 5.82 Å². The molecule has 0 aliphatic heterocycles. The predicted octanol–water partition coefficient (Wildman–Crippen LogP) is 2.78. The van der Waals surface area contributed by atoms with Gasteiger partial charge in [0.2, 0.25) is 0 Å². The van der Waals surface area contributed by atoms with Gasteiger partial charge in [0.25, 0.3) is 0 Å². The molecule has 0 spiro atoms. The molecule has 108 valence electrons. The SMILES string of the molecule is Nc1ccc(-c2ncc(-c3ccc4c(N)n[nH]c4c3)[nH]2)cc1. The van der Waals surface area contributed by atoms with E-state index in [0.717, 1.165) is 39.2 Å². The minimum atomic E-state index is 0.508. The molecule has 0 radical (unpaired) electrons. The Kier molecular flexibility index (Phi) is 2.62. The second-order valence-electron chi connectivity index (χ2n) is 5.14. The molecule has 2 aromatic carbocycles. The average molecular weight is 290 g/mol. The highest BCUT2D eigenvalue weighted by molar-refractivity contribution is 5.91. The third kappa shape index (κ3) is 1.98. The molecular weight excluding hydrogens is 276 g/mol. The zero-order chi connectivity index (χ0) is 15.1. The van der Waals surface area contributed by atoms with Crippen LogP contribution in [-0.4, -0.2) is 20.2 Å². The molecule has 4 aromatic rings. The molecule has 22 heavy (non-hydrogen) atoms. The first-order valence-corrected chi connectivity index (χ1v) is 6.85. The van der Waals surface area contributed by atoms with Crippen molar-refractivity contribution in [2.24, 2.45) is 0 Å². The Balaban J connectivity index is 1.74. The highest BCUT2D eigenvalue weighted by Gasteiger charge is 2.08. The normalized spacial score (nSPS) is 11.1. The van der Waals surface area contributed by atoms with E-state index in [9.17, 15) is 0 Å². The first-order chi connectivity index (χ1) is 10.7. The van der Waals surface area contributed by atoms with Crippen molar-refractivity contribution < 1.29 is 0 Å². The van der Waals surface area contributed by atoms with Crippen molar-refractivity contribution in [3.8, 4) is 22.6 Å². The predicted molar refractivity (Wildman–Crippen MR) is 87.9 cm³/mol. The topological polar surface area (TPSA) is 109 Å². The van der Waals surface area contributed by atoms with Gasteiger partial charge in [0, 0.05) is 22.2 Å². The number of benzene rings is 2. The Bertz CT molecular complexity index is 948. The fourth-order valence-corrected chi connectivity index (χ4v) is 2.46. The van der Waals surface area contributed by atoms with Gasteiger partial charge in [-0.15, -0.1) is 0 Å². The molecule has 0 fully saturated rings. The van der Waals surface area contributed by atoms with Gasteiger partial charge >= 0.3 is 0 Å². The summed E-state index contributed by atoms with van der Waals surface area (Å²) in [5, 5.41) is 7.84. The van der Waals surface area contributed by atoms with Crippen LogP contribution in [0.3, 0.4) is 0 Å². The number of rotatable bonds is 2. The minimum Gasteiger partial charge on any atom is -0.399 e. The van der Waals surface area contributed by atoms with E-state index in [2.05, 4.69) is 20.2 Å². The number of anilines is 2. The Morgan fingerprint density at radius 2 is 1.68 bits per heavy atom. The number of aromatic amines is 2. The molecule has 0 bridgehead atoms. The van der Waals surface area contributed by atoms with E-state index in [-0.39, 0.29) is 0 Å². The van der Waals surface area contributed by atoms with Crippen LogP contribution in [0.1, 0.15) is 0 Å². The number of H-pyrrole nitrogens is 2. The van der Waals surface area contributed by atoms with Crippen molar-refractivity contribution in [1.82, 2.24) is 20.2 Å². The van der Waals surface area contributed by atoms with E-state index < -0.39 is 0 Å². The third-order valence-electron chi connectivity index (χ3n) is 3.66. The van der Waals surface area contributed by atoms with Crippen molar-refractivity contribution in [2.45, 2.75) is 0 Å². The summed E-state index contributed by atoms with van der Waals surface area (Å²) in [7, 11) is 0. The lowest BCUT2D eigenvalue weighted by Gasteiger charge is -1.99. The van der Waals surface area contributed by atoms with Crippen molar-refractivity contribution in [3.05, 3.63) is 48.7 Å². The van der Waals surface area contributed by atoms with Crippen molar-refractivity contribution in [1.29, 1.82) is 0 Å². The van der Waals surface area contributed by atoms with Crippen LogP contribution in [0.4, 0.5) is 11.5 Å². The van der Waals surface area contributed by atoms with Gasteiger partial charge < -0.3 is 16.5 Å². The summed E-state index contributed by atoms with van der Waals surface area (Å²) in [6, 6.07) is 13.5. The number of aromatic nitrogens is 4. The van der Waals surface area contributed by atoms with Crippen LogP contribution in [0, 0.1) is 0 Å². The highest BCUT2D eigenvalue weighted by atomic mass is 15.1. The molecule has 0 aliphatic carbocycles. The highest BCUT2D eigenvalue weighted by Crippen LogP contribution is 2.26. The smallest absolute Gasteiger partial charge is 0.153 e. The Hall–Kier alpha value is -3.28. The van der Waals surface area contributed by atoms with Gasteiger partial charge in [-0.05, 0) is 36.4 Å². The number of fused-ring (bicyclic) bond motifs is 1. The van der Waals surface area contributed by atoms with Gasteiger partial charge in [-0.3, -0.25) is 5.10 Å². The van der Waals surface area contributed by atoms with E-state index in [4.69, 9.17) is 11.5 Å². The standard InChI is InChI=1S/C16H14N6/c17-11-4-1-9(2-5-11)16-19-8-14(20-16)10-3-6-12-13(7-10)21-22-15(12)18/h1-8H,17H2,(H,19,20)(H3,18,21,22). The molecule has 6 heteroatoms. The quantitative estimate of drug-likeness (QED) is 0.425. The molecule has 6 N–H and O–H groups in total. The van der Waals surface area contributed by atoms with Gasteiger partial charge in [-0.25, -0.2) is 4.98 Å². The van der Waals surface area contributed by atoms with Gasteiger partial charge in [-0.2, -0.15) is 5.10 Å². The number of nitrogens with one attached hydrogen (secondary N) is 2. The maximum absolute atomic E-state index is 5.78. The second-order valence-corrected chi connectivity index (χ2v) is 5.14. The fraction of sp³-hybridized carbons (Fsp3) is 0. The Labute approximate surface area is 126 Å². The summed E-state index contributed by atoms with van der Waals surface area (Å²) >= 11 is 0. The van der Waals surface area contributed by atoms with Gasteiger partial charge in [0.05, 0.1) is 17.4 Å². The van der Waals surface area contributed by atoms with Crippen molar-refractivity contribution in [2.75, 3.05) is 11.5 Å². The number of hydrogen-bond donors (Lipinski definition) is 4. The lowest BCUT2D eigenvalue weighted by atomic mass is 10.1. The summed E-state index contributed by atoms with van der Waals surface area (Å²) in [6.45, 7) is 0. The van der Waals surface area contributed by atoms with E-state index in [1.54, 1.807) is 0 Å². The van der Waals surface area contributed by atoms with E-state index in [1.807, 2.05) is 48.7 Å². The van der Waals surface area contributed by atoms with Crippen molar-refractivity contribution in [3.63, 3.8) is 0 Å². The summed E-state index contributed by atoms with van der Waals surface area (Å²) in [5.74, 6) is 1.31. The molecule has 6 nitrogen and oxygen atoms in total. The minimum absolute atomic E-state index is 0.508. The first kappa shape index (κ1) is 12.5. The molecule has 0 amide bonds. The number of nitrogens with zero attached hydrogens (tertiary/aromatic N) is 2. The number of imidazole rings is 1. The molecule has 0 atom stereocenters. The summed E-state index contributed by atoms with van der Waals surface area (Å²) in [5.41, 5.74) is 16.1. The van der Waals surface area contributed by atoms with Crippen molar-refractivity contribution >= 4 is 22.4 Å². The van der Waals surface area contributed by atoms with E-state index in [1.165, 1.54) is 0 Å². The lowest BCUT2D eigenvalue weighted by molar-refractivity contribution is 1.13. The zero-order valence-corrected chi connectivity index (χ0v) is 11.7. The third-order valence-corrected chi connectivity index (χ3v) is 3.66. The largest absolute Gasteiger partial charge is 0.399 e.